The van der Waals surface area contributed by atoms with Gasteiger partial charge in [-0.25, -0.2) is 14.2 Å². The molecule has 1 aliphatic heterocycles. The lowest BCUT2D eigenvalue weighted by Gasteiger charge is -2.28. The van der Waals surface area contributed by atoms with Crippen LogP contribution in [-0.4, -0.2) is 19.7 Å². The molecule has 0 unspecified atom stereocenters. The molecule has 0 atom stereocenters. The molecule has 0 saturated heterocycles. The number of hydrogen-bond donors (Lipinski definition) is 2. The van der Waals surface area contributed by atoms with Crippen molar-refractivity contribution in [2.45, 2.75) is 6.18 Å². The van der Waals surface area contributed by atoms with Crippen LogP contribution in [0, 0.1) is 5.82 Å². The van der Waals surface area contributed by atoms with Gasteiger partial charge in [-0.1, -0.05) is 0 Å². The van der Waals surface area contributed by atoms with Crippen molar-refractivity contribution >= 4 is 28.9 Å². The van der Waals surface area contributed by atoms with Crippen molar-refractivity contribution in [1.82, 2.24) is 5.32 Å². The molecule has 3 aromatic rings. The van der Waals surface area contributed by atoms with Gasteiger partial charge in [-0.05, 0) is 48.5 Å². The summed E-state index contributed by atoms with van der Waals surface area (Å²) in [7, 11) is 1.74. The summed E-state index contributed by atoms with van der Waals surface area (Å²) in [5.41, 5.74) is 4.94. The minimum atomic E-state index is -4.71. The van der Waals surface area contributed by atoms with Crippen molar-refractivity contribution in [1.29, 1.82) is 0 Å². The lowest BCUT2D eigenvalue weighted by Crippen LogP contribution is -2.43. The number of furan rings is 1. The summed E-state index contributed by atoms with van der Waals surface area (Å²) in [6.07, 6.45) is -3.19. The molecule has 3 N–H and O–H groups in total. The maximum absolute atomic E-state index is 14.4. The Morgan fingerprint density at radius 1 is 1.19 bits per heavy atom. The molecule has 0 saturated carbocycles. The minimum Gasteiger partial charge on any atom is -0.446 e. The van der Waals surface area contributed by atoms with Gasteiger partial charge in [-0.2, -0.15) is 13.2 Å². The highest BCUT2D eigenvalue weighted by Gasteiger charge is 2.32. The maximum atomic E-state index is 14.4. The van der Waals surface area contributed by atoms with Gasteiger partial charge >= 0.3 is 12.2 Å². The highest BCUT2D eigenvalue weighted by atomic mass is 19.4. The smallest absolute Gasteiger partial charge is 0.416 e. The Hall–Kier alpha value is -4.02. The number of carbonyl (C=O) groups excluding carboxylic acids is 1. The fraction of sp³-hybridized carbons (Fsp3) is 0.143. The zero-order chi connectivity index (χ0) is 23.0. The number of nitrogens with one attached hydrogen (secondary N) is 1. The van der Waals surface area contributed by atoms with E-state index in [1.54, 1.807) is 25.2 Å². The lowest BCUT2D eigenvalue weighted by molar-refractivity contribution is -0.137. The molecule has 32 heavy (non-hydrogen) atoms. The van der Waals surface area contributed by atoms with Crippen molar-refractivity contribution in [3.63, 3.8) is 0 Å². The van der Waals surface area contributed by atoms with E-state index in [9.17, 15) is 22.4 Å². The fourth-order valence-corrected chi connectivity index (χ4v) is 3.46. The van der Waals surface area contributed by atoms with Gasteiger partial charge in [-0.15, -0.1) is 0 Å². The van der Waals surface area contributed by atoms with Crippen LogP contribution in [0.15, 0.2) is 64.2 Å². The Morgan fingerprint density at radius 3 is 2.53 bits per heavy atom. The number of rotatable bonds is 4. The zero-order valence-electron chi connectivity index (χ0n) is 16.7. The van der Waals surface area contributed by atoms with Crippen molar-refractivity contribution in [2.24, 2.45) is 10.7 Å². The molecule has 0 aliphatic carbocycles. The number of urea groups is 1. The highest BCUT2D eigenvalue weighted by Crippen LogP contribution is 2.36. The monoisotopic (exact) mass is 447 g/mol. The number of alkyl halides is 3. The molecule has 2 aromatic carbocycles. The quantitative estimate of drug-likeness (QED) is 0.602. The van der Waals surface area contributed by atoms with E-state index >= 15 is 0 Å². The van der Waals surface area contributed by atoms with Crippen molar-refractivity contribution in [3.05, 3.63) is 76.9 Å². The van der Waals surface area contributed by atoms with E-state index in [1.165, 1.54) is 18.4 Å². The Labute approximate surface area is 179 Å². The molecule has 4 rings (SSSR count). The third-order valence-electron chi connectivity index (χ3n) is 4.92. The van der Waals surface area contributed by atoms with Crippen LogP contribution in [0.2, 0.25) is 0 Å². The van der Waals surface area contributed by atoms with E-state index < -0.39 is 29.3 Å². The Balaban J connectivity index is 1.72. The van der Waals surface area contributed by atoms with Gasteiger partial charge in [0.05, 0.1) is 28.4 Å². The van der Waals surface area contributed by atoms with E-state index in [-0.39, 0.29) is 12.4 Å². The highest BCUT2D eigenvalue weighted by molar-refractivity contribution is 5.98. The second-order valence-electron chi connectivity index (χ2n) is 6.82. The Morgan fingerprint density at radius 2 is 1.91 bits per heavy atom. The largest absolute Gasteiger partial charge is 0.446 e. The van der Waals surface area contributed by atoms with Gasteiger partial charge in [0, 0.05) is 12.7 Å². The first kappa shape index (κ1) is 21.2. The van der Waals surface area contributed by atoms with Crippen molar-refractivity contribution in [2.75, 3.05) is 23.5 Å². The summed E-state index contributed by atoms with van der Waals surface area (Å²) >= 11 is 0. The molecule has 2 amide bonds. The molecule has 2 heterocycles. The molecule has 1 aromatic heterocycles. The van der Waals surface area contributed by atoms with Crippen molar-refractivity contribution in [3.8, 4) is 0 Å². The molecule has 0 bridgehead atoms. The Bertz CT molecular complexity index is 1280. The zero-order valence-corrected chi connectivity index (χ0v) is 16.7. The van der Waals surface area contributed by atoms with Crippen LogP contribution in [0.25, 0.3) is 5.82 Å². The Kier molecular flexibility index (Phi) is 5.25. The maximum Gasteiger partial charge on any atom is 0.416 e. The van der Waals surface area contributed by atoms with Crippen LogP contribution in [-0.2, 0) is 6.18 Å². The summed E-state index contributed by atoms with van der Waals surface area (Å²) in [4.78, 5) is 18.9. The summed E-state index contributed by atoms with van der Waals surface area (Å²) < 4.78 is 59.0. The molecule has 7 nitrogen and oxygen atoms in total. The number of benzene rings is 2. The second kappa shape index (κ2) is 7.91. The van der Waals surface area contributed by atoms with Crippen LogP contribution in [0.4, 0.5) is 39.4 Å². The van der Waals surface area contributed by atoms with E-state index in [2.05, 4.69) is 10.3 Å². The fourth-order valence-electron chi connectivity index (χ4n) is 3.46. The number of nitrogens with zero attached hydrogens (tertiary/aromatic N) is 3. The van der Waals surface area contributed by atoms with Gasteiger partial charge < -0.3 is 20.4 Å². The van der Waals surface area contributed by atoms with E-state index in [0.29, 0.717) is 34.3 Å². The number of carbonyl (C=O) groups is 1. The summed E-state index contributed by atoms with van der Waals surface area (Å²) in [5.74, 6) is -0.291. The number of halogens is 4. The summed E-state index contributed by atoms with van der Waals surface area (Å²) in [6.45, 7) is 0.248. The molecule has 166 valence electrons. The van der Waals surface area contributed by atoms with Crippen molar-refractivity contribution < 1.29 is 26.8 Å². The van der Waals surface area contributed by atoms with Gasteiger partial charge in [0.2, 0.25) is 5.55 Å². The third kappa shape index (κ3) is 3.72. The topological polar surface area (TPSA) is 87.1 Å². The predicted molar refractivity (Wildman–Crippen MR) is 109 cm³/mol. The normalized spacial score (nSPS) is 13.4. The van der Waals surface area contributed by atoms with Crippen LogP contribution < -0.4 is 31.6 Å². The standard InChI is InChI=1S/C21H17F4N5O2/c1-27-18-15-8-9-32-19(15)28-11-29(18)13-3-5-14(6-4-13)30(20(26)31)17-10-12(21(23,24)25)2-7-16(17)22/h2-10,27H,11H2,1H3,(H2,26,31). The van der Waals surface area contributed by atoms with Gasteiger partial charge in [0.1, 0.15) is 18.3 Å². The first-order valence-electron chi connectivity index (χ1n) is 9.34. The minimum absolute atomic E-state index is 0.100. The van der Waals surface area contributed by atoms with Gasteiger partial charge in [-0.3, -0.25) is 4.90 Å². The number of fused-ring (bicyclic) bond motifs is 1. The number of nitrogens with two attached hydrogens (primary N) is 1. The molecule has 0 spiro atoms. The van der Waals surface area contributed by atoms with E-state index in [0.717, 1.165) is 11.0 Å². The van der Waals surface area contributed by atoms with Gasteiger partial charge in [0.25, 0.3) is 0 Å². The molecular formula is C21H17F4N5O2. The first-order valence-corrected chi connectivity index (χ1v) is 9.34. The number of hydrogen-bond acceptors (Lipinski definition) is 5. The second-order valence-corrected chi connectivity index (χ2v) is 6.82. The SMILES string of the molecule is CNC1=c2ccoc2=NCN1c1ccc(N(C(N)=O)c2cc(C(F)(F)F)ccc2F)cc1. The number of anilines is 3. The van der Waals surface area contributed by atoms with Crippen LogP contribution in [0.3, 0.4) is 0 Å². The third-order valence-corrected chi connectivity index (χ3v) is 4.92. The molecular weight excluding hydrogens is 430 g/mol. The molecule has 0 radical (unpaired) electrons. The number of primary amides is 1. The van der Waals surface area contributed by atoms with Crippen LogP contribution in [0.5, 0.6) is 0 Å². The first-order chi connectivity index (χ1) is 15.2. The van der Waals surface area contributed by atoms with E-state index in [4.69, 9.17) is 10.2 Å². The van der Waals surface area contributed by atoms with E-state index in [1.807, 2.05) is 4.90 Å². The van der Waals surface area contributed by atoms with Crippen LogP contribution >= 0.6 is 0 Å². The predicted octanol–water partition coefficient (Wildman–Crippen LogP) is 3.04. The van der Waals surface area contributed by atoms with Gasteiger partial charge in [0.15, 0.2) is 0 Å². The molecule has 1 aliphatic rings. The lowest BCUT2D eigenvalue weighted by atomic mass is 10.1. The summed E-state index contributed by atoms with van der Waals surface area (Å²) in [5, 5.41) is 3.84. The number of amides is 2. The summed E-state index contributed by atoms with van der Waals surface area (Å²) in [6, 6.07) is 8.57. The molecule has 0 fully saturated rings. The van der Waals surface area contributed by atoms with Crippen LogP contribution in [0.1, 0.15) is 5.56 Å². The molecule has 11 heteroatoms. The average molecular weight is 447 g/mol. The average Bonchev–Trinajstić information content (AvgIpc) is 3.23.